The van der Waals surface area contributed by atoms with Crippen LogP contribution in [-0.4, -0.2) is 40.9 Å². The van der Waals surface area contributed by atoms with E-state index in [9.17, 15) is 9.59 Å². The maximum Gasteiger partial charge on any atom is 0.345 e. The van der Waals surface area contributed by atoms with Crippen LogP contribution in [0.5, 0.6) is 11.5 Å². The van der Waals surface area contributed by atoms with Crippen molar-refractivity contribution in [2.75, 3.05) is 14.2 Å². The average Bonchev–Trinajstić information content (AvgIpc) is 3.11. The van der Waals surface area contributed by atoms with Gasteiger partial charge in [-0.1, -0.05) is 0 Å². The third-order valence-corrected chi connectivity index (χ3v) is 3.95. The van der Waals surface area contributed by atoms with E-state index in [0.29, 0.717) is 11.2 Å². The van der Waals surface area contributed by atoms with Crippen LogP contribution in [0.4, 0.5) is 0 Å². The largest absolute Gasteiger partial charge is 0.493 e. The molecule has 0 spiro atoms. The number of hydrogen-bond acceptors (Lipinski definition) is 7. The van der Waals surface area contributed by atoms with Crippen LogP contribution in [0.3, 0.4) is 0 Å². The highest BCUT2D eigenvalue weighted by molar-refractivity contribution is 5.95. The Labute approximate surface area is 155 Å². The molecule has 0 unspecified atom stereocenters. The minimum absolute atomic E-state index is 0.158. The van der Waals surface area contributed by atoms with Gasteiger partial charge in [0.25, 0.3) is 0 Å². The van der Waals surface area contributed by atoms with Gasteiger partial charge in [0.15, 0.2) is 17.1 Å². The molecule has 0 aliphatic heterocycles. The van der Waals surface area contributed by atoms with E-state index in [1.54, 1.807) is 16.9 Å². The molecule has 2 aromatic heterocycles. The molecule has 1 aromatic carbocycles. The summed E-state index contributed by atoms with van der Waals surface area (Å²) < 4.78 is 17.1. The average molecular weight is 369 g/mol. The van der Waals surface area contributed by atoms with E-state index < -0.39 is 11.9 Å². The van der Waals surface area contributed by atoms with Gasteiger partial charge in [0, 0.05) is 17.6 Å². The third-order valence-electron chi connectivity index (χ3n) is 3.95. The van der Waals surface area contributed by atoms with Crippen LogP contribution in [0.1, 0.15) is 40.6 Å². The standard InChI is InChI=1S/C19H19N3O5/c1-11(2)22-17-13(10-21-22)7-14(9-20-17)19(24)27-15-6-5-12(18(23)26-4)8-16(15)25-3/h5-11H,1-4H3. The van der Waals surface area contributed by atoms with E-state index in [4.69, 9.17) is 9.47 Å². The first-order chi connectivity index (χ1) is 12.9. The molecule has 8 heteroatoms. The van der Waals surface area contributed by atoms with Crippen molar-refractivity contribution in [2.24, 2.45) is 0 Å². The summed E-state index contributed by atoms with van der Waals surface area (Å²) in [6.45, 7) is 4.00. The number of aromatic nitrogens is 3. The maximum absolute atomic E-state index is 12.5. The zero-order valence-electron chi connectivity index (χ0n) is 15.4. The molecular formula is C19H19N3O5. The molecule has 8 nitrogen and oxygen atoms in total. The molecule has 0 aliphatic carbocycles. The summed E-state index contributed by atoms with van der Waals surface area (Å²) in [6, 6.07) is 6.25. The van der Waals surface area contributed by atoms with Crippen LogP contribution in [-0.2, 0) is 4.74 Å². The van der Waals surface area contributed by atoms with Crippen LogP contribution >= 0.6 is 0 Å². The number of nitrogens with zero attached hydrogens (tertiary/aromatic N) is 3. The fourth-order valence-electron chi connectivity index (χ4n) is 2.59. The molecular weight excluding hydrogens is 350 g/mol. The second-order valence-electron chi connectivity index (χ2n) is 6.07. The number of carbonyl (C=O) groups excluding carboxylic acids is 2. The van der Waals surface area contributed by atoms with Crippen molar-refractivity contribution in [3.8, 4) is 11.5 Å². The van der Waals surface area contributed by atoms with Crippen molar-refractivity contribution in [3.63, 3.8) is 0 Å². The fraction of sp³-hybridized carbons (Fsp3) is 0.263. The summed E-state index contributed by atoms with van der Waals surface area (Å²) in [6.07, 6.45) is 3.10. The highest BCUT2D eigenvalue weighted by atomic mass is 16.6. The molecule has 0 N–H and O–H groups in total. The Kier molecular flexibility index (Phi) is 5.07. The Hall–Kier alpha value is -3.42. The molecule has 3 aromatic rings. The van der Waals surface area contributed by atoms with Gasteiger partial charge < -0.3 is 14.2 Å². The quantitative estimate of drug-likeness (QED) is 0.504. The predicted molar refractivity (Wildman–Crippen MR) is 97.2 cm³/mol. The molecule has 0 aliphatic rings. The summed E-state index contributed by atoms with van der Waals surface area (Å²) in [5.74, 6) is -0.671. The third kappa shape index (κ3) is 3.59. The van der Waals surface area contributed by atoms with Crippen molar-refractivity contribution >= 4 is 23.0 Å². The van der Waals surface area contributed by atoms with Gasteiger partial charge >= 0.3 is 11.9 Å². The molecule has 0 atom stereocenters. The Morgan fingerprint density at radius 2 is 1.78 bits per heavy atom. The highest BCUT2D eigenvalue weighted by Gasteiger charge is 2.17. The fourth-order valence-corrected chi connectivity index (χ4v) is 2.59. The molecule has 0 amide bonds. The van der Waals surface area contributed by atoms with Gasteiger partial charge in [-0.05, 0) is 38.1 Å². The lowest BCUT2D eigenvalue weighted by molar-refractivity contribution is 0.0600. The molecule has 3 rings (SSSR count). The number of fused-ring (bicyclic) bond motifs is 1. The van der Waals surface area contributed by atoms with E-state index >= 15 is 0 Å². The van der Waals surface area contributed by atoms with Crippen molar-refractivity contribution in [1.82, 2.24) is 14.8 Å². The second-order valence-corrected chi connectivity index (χ2v) is 6.07. The normalized spacial score (nSPS) is 10.9. The monoisotopic (exact) mass is 369 g/mol. The maximum atomic E-state index is 12.5. The molecule has 140 valence electrons. The highest BCUT2D eigenvalue weighted by Crippen LogP contribution is 2.29. The topological polar surface area (TPSA) is 92.5 Å². The Morgan fingerprint density at radius 3 is 2.44 bits per heavy atom. The first-order valence-corrected chi connectivity index (χ1v) is 8.26. The van der Waals surface area contributed by atoms with Gasteiger partial charge in [0.05, 0.1) is 31.5 Å². The van der Waals surface area contributed by atoms with E-state index in [0.717, 1.165) is 5.39 Å². The number of carbonyl (C=O) groups is 2. The molecule has 2 heterocycles. The summed E-state index contributed by atoms with van der Waals surface area (Å²) in [4.78, 5) is 28.4. The number of methoxy groups -OCH3 is 2. The number of ether oxygens (including phenoxy) is 3. The molecule has 0 fully saturated rings. The first-order valence-electron chi connectivity index (χ1n) is 8.26. The SMILES string of the molecule is COC(=O)c1ccc(OC(=O)c2cnc3c(cnn3C(C)C)c2)c(OC)c1. The Bertz CT molecular complexity index is 1010. The summed E-state index contributed by atoms with van der Waals surface area (Å²) in [5.41, 5.74) is 1.27. The van der Waals surface area contributed by atoms with Crippen molar-refractivity contribution < 1.29 is 23.8 Å². The van der Waals surface area contributed by atoms with E-state index in [-0.39, 0.29) is 23.1 Å². The van der Waals surface area contributed by atoms with Crippen molar-refractivity contribution in [2.45, 2.75) is 19.9 Å². The minimum atomic E-state index is -0.592. The smallest absolute Gasteiger partial charge is 0.345 e. The zero-order chi connectivity index (χ0) is 19.6. The van der Waals surface area contributed by atoms with Crippen molar-refractivity contribution in [3.05, 3.63) is 47.8 Å². The van der Waals surface area contributed by atoms with Gasteiger partial charge in [-0.15, -0.1) is 0 Å². The predicted octanol–water partition coefficient (Wildman–Crippen LogP) is 3.03. The number of esters is 2. The molecule has 27 heavy (non-hydrogen) atoms. The van der Waals surface area contributed by atoms with Crippen LogP contribution in [0.2, 0.25) is 0 Å². The van der Waals surface area contributed by atoms with Crippen LogP contribution in [0.25, 0.3) is 11.0 Å². The molecule has 0 radical (unpaired) electrons. The lowest BCUT2D eigenvalue weighted by Crippen LogP contribution is -2.11. The summed E-state index contributed by atoms with van der Waals surface area (Å²) in [5, 5.41) is 5.02. The van der Waals surface area contributed by atoms with Crippen LogP contribution in [0, 0.1) is 0 Å². The lowest BCUT2D eigenvalue weighted by atomic mass is 10.2. The Morgan fingerprint density at radius 1 is 1.00 bits per heavy atom. The van der Waals surface area contributed by atoms with E-state index in [2.05, 4.69) is 14.8 Å². The van der Waals surface area contributed by atoms with Crippen LogP contribution < -0.4 is 9.47 Å². The number of benzene rings is 1. The molecule has 0 bridgehead atoms. The van der Waals surface area contributed by atoms with Gasteiger partial charge in [-0.25, -0.2) is 19.3 Å². The van der Waals surface area contributed by atoms with Gasteiger partial charge in [-0.2, -0.15) is 5.10 Å². The zero-order valence-corrected chi connectivity index (χ0v) is 15.4. The lowest BCUT2D eigenvalue weighted by Gasteiger charge is -2.10. The van der Waals surface area contributed by atoms with Crippen molar-refractivity contribution in [1.29, 1.82) is 0 Å². The number of hydrogen-bond donors (Lipinski definition) is 0. The number of pyridine rings is 1. The van der Waals surface area contributed by atoms with Gasteiger partial charge in [0.2, 0.25) is 0 Å². The molecule has 0 saturated heterocycles. The first kappa shape index (κ1) is 18.4. The van der Waals surface area contributed by atoms with Crippen LogP contribution in [0.15, 0.2) is 36.7 Å². The van der Waals surface area contributed by atoms with Gasteiger partial charge in [-0.3, -0.25) is 0 Å². The summed E-state index contributed by atoms with van der Waals surface area (Å²) >= 11 is 0. The van der Waals surface area contributed by atoms with Gasteiger partial charge in [0.1, 0.15) is 0 Å². The molecule has 0 saturated carbocycles. The number of rotatable bonds is 5. The van der Waals surface area contributed by atoms with E-state index in [1.165, 1.54) is 38.6 Å². The second kappa shape index (κ2) is 7.45. The summed E-state index contributed by atoms with van der Waals surface area (Å²) in [7, 11) is 2.70. The minimum Gasteiger partial charge on any atom is -0.493 e. The Balaban J connectivity index is 1.87. The van der Waals surface area contributed by atoms with E-state index in [1.807, 2.05) is 13.8 Å².